The van der Waals surface area contributed by atoms with E-state index in [0.29, 0.717) is 11.5 Å². The highest BCUT2D eigenvalue weighted by Crippen LogP contribution is 2.33. The van der Waals surface area contributed by atoms with E-state index in [-0.39, 0.29) is 16.3 Å². The van der Waals surface area contributed by atoms with E-state index in [9.17, 15) is 12.8 Å². The van der Waals surface area contributed by atoms with Gasteiger partial charge in [0.05, 0.1) is 16.1 Å². The fourth-order valence-electron chi connectivity index (χ4n) is 1.75. The van der Waals surface area contributed by atoms with E-state index in [0.717, 1.165) is 9.85 Å². The lowest BCUT2D eigenvalue weighted by Crippen LogP contribution is -2.14. The van der Waals surface area contributed by atoms with Gasteiger partial charge in [0.1, 0.15) is 16.5 Å². The van der Waals surface area contributed by atoms with Crippen molar-refractivity contribution in [2.45, 2.75) is 18.7 Å². The first kappa shape index (κ1) is 16.3. The van der Waals surface area contributed by atoms with E-state index in [1.54, 1.807) is 13.8 Å². The van der Waals surface area contributed by atoms with Crippen LogP contribution in [0.25, 0.3) is 0 Å². The highest BCUT2D eigenvalue weighted by molar-refractivity contribution is 9.11. The van der Waals surface area contributed by atoms with Gasteiger partial charge in [-0.1, -0.05) is 0 Å². The van der Waals surface area contributed by atoms with Crippen LogP contribution >= 0.6 is 27.3 Å². The molecule has 0 unspecified atom stereocenters. The van der Waals surface area contributed by atoms with Crippen molar-refractivity contribution in [2.24, 2.45) is 0 Å². The summed E-state index contributed by atoms with van der Waals surface area (Å²) in [7, 11) is -3.75. The fourth-order valence-corrected chi connectivity index (χ4v) is 5.24. The van der Waals surface area contributed by atoms with Crippen LogP contribution in [0.3, 0.4) is 0 Å². The smallest absolute Gasteiger partial charge is 0.263 e. The topological polar surface area (TPSA) is 55.4 Å². The molecule has 114 valence electrons. The summed E-state index contributed by atoms with van der Waals surface area (Å²) in [4.78, 5) is 0.848. The van der Waals surface area contributed by atoms with Gasteiger partial charge >= 0.3 is 0 Å². The van der Waals surface area contributed by atoms with Crippen molar-refractivity contribution >= 4 is 43.0 Å². The van der Waals surface area contributed by atoms with Gasteiger partial charge < -0.3 is 4.74 Å². The third kappa shape index (κ3) is 3.75. The van der Waals surface area contributed by atoms with E-state index >= 15 is 0 Å². The van der Waals surface area contributed by atoms with Gasteiger partial charge in [-0.3, -0.25) is 4.72 Å². The van der Waals surface area contributed by atoms with Crippen LogP contribution in [0.15, 0.2) is 32.9 Å². The number of nitrogens with one attached hydrogen (secondary N) is 1. The second-order valence-electron chi connectivity index (χ2n) is 4.15. The van der Waals surface area contributed by atoms with Crippen LogP contribution in [0, 0.1) is 12.7 Å². The molecule has 1 aromatic heterocycles. The van der Waals surface area contributed by atoms with E-state index in [4.69, 9.17) is 4.74 Å². The minimum atomic E-state index is -3.75. The lowest BCUT2D eigenvalue weighted by atomic mass is 10.3. The lowest BCUT2D eigenvalue weighted by molar-refractivity contribution is 0.340. The molecule has 0 fully saturated rings. The first-order chi connectivity index (χ1) is 9.83. The molecule has 0 bridgehead atoms. The van der Waals surface area contributed by atoms with Gasteiger partial charge in [-0.15, -0.1) is 11.3 Å². The Balaban J connectivity index is 2.39. The van der Waals surface area contributed by atoms with Crippen molar-refractivity contribution in [3.05, 3.63) is 38.7 Å². The maximum atomic E-state index is 13.2. The fraction of sp³-hybridized carbons (Fsp3) is 0.231. The molecule has 2 aromatic rings. The molecule has 1 N–H and O–H groups in total. The Morgan fingerprint density at radius 2 is 2.10 bits per heavy atom. The number of hydrogen-bond donors (Lipinski definition) is 1. The quantitative estimate of drug-likeness (QED) is 0.829. The molecule has 4 nitrogen and oxygen atoms in total. The maximum Gasteiger partial charge on any atom is 0.263 e. The van der Waals surface area contributed by atoms with Gasteiger partial charge in [0.25, 0.3) is 10.0 Å². The largest absolute Gasteiger partial charge is 0.492 e. The first-order valence-corrected chi connectivity index (χ1v) is 9.14. The van der Waals surface area contributed by atoms with Gasteiger partial charge in [0.2, 0.25) is 0 Å². The van der Waals surface area contributed by atoms with Crippen LogP contribution < -0.4 is 9.46 Å². The summed E-state index contributed by atoms with van der Waals surface area (Å²) in [5.74, 6) is -0.330. The van der Waals surface area contributed by atoms with Crippen LogP contribution in [0.2, 0.25) is 0 Å². The molecule has 1 aromatic carbocycles. The molecule has 0 aliphatic heterocycles. The molecule has 0 radical (unpaired) electrons. The molecule has 0 atom stereocenters. The molecular weight excluding hydrogens is 381 g/mol. The van der Waals surface area contributed by atoms with Crippen LogP contribution in [-0.4, -0.2) is 15.0 Å². The second-order valence-corrected chi connectivity index (χ2v) is 8.44. The van der Waals surface area contributed by atoms with E-state index in [2.05, 4.69) is 20.7 Å². The zero-order valence-corrected chi connectivity index (χ0v) is 14.5. The van der Waals surface area contributed by atoms with Crippen molar-refractivity contribution in [3.63, 3.8) is 0 Å². The Kier molecular flexibility index (Phi) is 4.90. The van der Waals surface area contributed by atoms with E-state index in [1.165, 1.54) is 29.5 Å². The van der Waals surface area contributed by atoms with Crippen LogP contribution in [0.1, 0.15) is 11.8 Å². The van der Waals surface area contributed by atoms with Gasteiger partial charge in [-0.2, -0.15) is 0 Å². The Labute approximate surface area is 135 Å². The van der Waals surface area contributed by atoms with Crippen molar-refractivity contribution in [3.8, 4) is 5.75 Å². The second kappa shape index (κ2) is 6.33. The molecule has 0 amide bonds. The average molecular weight is 394 g/mol. The van der Waals surface area contributed by atoms with Gasteiger partial charge in [-0.05, 0) is 48.0 Å². The summed E-state index contributed by atoms with van der Waals surface area (Å²) in [6, 6.07) is 5.20. The molecule has 21 heavy (non-hydrogen) atoms. The number of halogens is 2. The van der Waals surface area contributed by atoms with Crippen molar-refractivity contribution in [1.29, 1.82) is 0 Å². The number of ether oxygens (including phenoxy) is 1. The molecule has 1 heterocycles. The minimum absolute atomic E-state index is 0.160. The van der Waals surface area contributed by atoms with Crippen molar-refractivity contribution in [1.82, 2.24) is 0 Å². The minimum Gasteiger partial charge on any atom is -0.492 e. The summed E-state index contributed by atoms with van der Waals surface area (Å²) < 4.78 is 46.5. The lowest BCUT2D eigenvalue weighted by Gasteiger charge is -2.12. The van der Waals surface area contributed by atoms with Crippen LogP contribution in [0.4, 0.5) is 10.1 Å². The molecule has 0 spiro atoms. The van der Waals surface area contributed by atoms with Gasteiger partial charge in [0, 0.05) is 10.9 Å². The Morgan fingerprint density at radius 3 is 2.67 bits per heavy atom. The Bertz CT molecular complexity index is 759. The number of rotatable bonds is 5. The number of benzene rings is 1. The number of thiophene rings is 1. The zero-order valence-electron chi connectivity index (χ0n) is 11.3. The number of anilines is 1. The number of sulfonamides is 1. The molecular formula is C13H13BrFNO3S2. The molecule has 0 saturated carbocycles. The number of hydrogen-bond acceptors (Lipinski definition) is 4. The van der Waals surface area contributed by atoms with Gasteiger partial charge in [0.15, 0.2) is 0 Å². The standard InChI is InChI=1S/C13H13BrFNO3S2/c1-3-19-11-6-9(15)4-5-10(11)16-21(17,18)12-7-13(14)20-8(12)2/h4-7,16H,3H2,1-2H3. The number of aryl methyl sites for hydroxylation is 1. The summed E-state index contributed by atoms with van der Waals surface area (Å²) in [6.45, 7) is 3.77. The summed E-state index contributed by atoms with van der Waals surface area (Å²) in [5.41, 5.74) is 0.208. The van der Waals surface area contributed by atoms with Crippen LogP contribution in [0.5, 0.6) is 5.75 Å². The molecule has 0 aliphatic rings. The summed E-state index contributed by atoms with van der Waals surface area (Å²) in [6.07, 6.45) is 0. The van der Waals surface area contributed by atoms with Crippen LogP contribution in [-0.2, 0) is 10.0 Å². The monoisotopic (exact) mass is 393 g/mol. The molecule has 2 rings (SSSR count). The third-order valence-electron chi connectivity index (χ3n) is 2.62. The van der Waals surface area contributed by atoms with Crippen molar-refractivity contribution < 1.29 is 17.5 Å². The normalized spacial score (nSPS) is 11.4. The predicted molar refractivity (Wildman–Crippen MR) is 85.1 cm³/mol. The van der Waals surface area contributed by atoms with Gasteiger partial charge in [-0.25, -0.2) is 12.8 Å². The summed E-state index contributed by atoms with van der Waals surface area (Å²) in [5, 5.41) is 0. The highest BCUT2D eigenvalue weighted by atomic mass is 79.9. The summed E-state index contributed by atoms with van der Waals surface area (Å²) >= 11 is 4.59. The highest BCUT2D eigenvalue weighted by Gasteiger charge is 2.21. The maximum absolute atomic E-state index is 13.2. The molecule has 0 saturated heterocycles. The Hall–Kier alpha value is -1.12. The molecule has 0 aliphatic carbocycles. The zero-order chi connectivity index (χ0) is 15.6. The first-order valence-electron chi connectivity index (χ1n) is 6.04. The molecule has 8 heteroatoms. The van der Waals surface area contributed by atoms with E-state index in [1.807, 2.05) is 0 Å². The SMILES string of the molecule is CCOc1cc(F)ccc1NS(=O)(=O)c1cc(Br)sc1C. The van der Waals surface area contributed by atoms with E-state index < -0.39 is 15.8 Å². The average Bonchev–Trinajstić information content (AvgIpc) is 2.73. The third-order valence-corrected chi connectivity index (χ3v) is 5.79. The Morgan fingerprint density at radius 1 is 1.38 bits per heavy atom. The predicted octanol–water partition coefficient (Wildman–Crippen LogP) is 4.16. The van der Waals surface area contributed by atoms with Crippen molar-refractivity contribution in [2.75, 3.05) is 11.3 Å².